The van der Waals surface area contributed by atoms with Gasteiger partial charge in [-0.15, -0.1) is 0 Å². The molecule has 2 rings (SSSR count). The van der Waals surface area contributed by atoms with Gasteiger partial charge in [-0.1, -0.05) is 18.7 Å². The number of H-pyrrole nitrogens is 2. The van der Waals surface area contributed by atoms with Gasteiger partial charge in [0.05, 0.1) is 25.2 Å². The van der Waals surface area contributed by atoms with Gasteiger partial charge in [0.2, 0.25) is 5.91 Å². The molecule has 0 aliphatic carbocycles. The van der Waals surface area contributed by atoms with Crippen molar-refractivity contribution in [2.45, 2.75) is 25.3 Å². The first-order valence-corrected chi connectivity index (χ1v) is 9.55. The van der Waals surface area contributed by atoms with Crippen molar-refractivity contribution < 1.29 is 14.3 Å². The van der Waals surface area contributed by atoms with Crippen LogP contribution >= 0.6 is 11.8 Å². The summed E-state index contributed by atoms with van der Waals surface area (Å²) in [4.78, 5) is 36.2. The number of aromatic amines is 2. The normalized spacial score (nSPS) is 10.8. The lowest BCUT2D eigenvalue weighted by Gasteiger charge is -2.11. The van der Waals surface area contributed by atoms with Crippen molar-refractivity contribution in [2.24, 2.45) is 5.10 Å². The van der Waals surface area contributed by atoms with E-state index in [1.165, 1.54) is 6.21 Å². The zero-order chi connectivity index (χ0) is 20.4. The van der Waals surface area contributed by atoms with Gasteiger partial charge in [0.25, 0.3) is 5.56 Å². The molecule has 0 saturated heterocycles. The van der Waals surface area contributed by atoms with Gasteiger partial charge in [-0.05, 0) is 37.1 Å². The fourth-order valence-electron chi connectivity index (χ4n) is 1.98. The summed E-state index contributed by atoms with van der Waals surface area (Å²) in [7, 11) is 0. The molecule has 2 aromatic rings. The Bertz CT molecular complexity index is 940. The lowest BCUT2D eigenvalue weighted by Crippen LogP contribution is -2.26. The number of hydrogen-bond donors (Lipinski definition) is 3. The van der Waals surface area contributed by atoms with E-state index in [0.29, 0.717) is 24.7 Å². The minimum absolute atomic E-state index is 0.0113. The minimum Gasteiger partial charge on any atom is -0.490 e. The number of benzene rings is 1. The molecule has 0 unspecified atom stereocenters. The molecule has 3 N–H and O–H groups in total. The average molecular weight is 407 g/mol. The predicted octanol–water partition coefficient (Wildman–Crippen LogP) is 0.888. The smallest absolute Gasteiger partial charge is 0.342 e. The summed E-state index contributed by atoms with van der Waals surface area (Å²) in [5, 5.41) is 9.54. The van der Waals surface area contributed by atoms with Gasteiger partial charge in [0.1, 0.15) is 0 Å². The summed E-state index contributed by atoms with van der Waals surface area (Å²) >= 11 is 0.881. The van der Waals surface area contributed by atoms with Crippen LogP contribution in [-0.2, 0) is 4.79 Å². The molecule has 0 spiro atoms. The maximum Gasteiger partial charge on any atom is 0.342 e. The van der Waals surface area contributed by atoms with Crippen molar-refractivity contribution in [3.8, 4) is 11.5 Å². The SMILES string of the molecule is CCCOc1ccc(/C=N/NC(=O)CSc2n[nH]c(=O)[nH]c2=O)cc1OCC. The number of ether oxygens (including phenoxy) is 2. The van der Waals surface area contributed by atoms with Crippen LogP contribution in [0.4, 0.5) is 0 Å². The van der Waals surface area contributed by atoms with E-state index in [-0.39, 0.29) is 10.8 Å². The lowest BCUT2D eigenvalue weighted by atomic mass is 10.2. The van der Waals surface area contributed by atoms with Gasteiger partial charge in [-0.2, -0.15) is 10.2 Å². The zero-order valence-corrected chi connectivity index (χ0v) is 16.3. The Morgan fingerprint density at radius 3 is 2.82 bits per heavy atom. The number of amides is 1. The van der Waals surface area contributed by atoms with Crippen LogP contribution in [0.15, 0.2) is 37.9 Å². The van der Waals surface area contributed by atoms with Crippen LogP contribution < -0.4 is 26.1 Å². The van der Waals surface area contributed by atoms with Crippen LogP contribution in [-0.4, -0.2) is 46.3 Å². The van der Waals surface area contributed by atoms with Crippen LogP contribution in [0, 0.1) is 0 Å². The third-order valence-electron chi connectivity index (χ3n) is 3.15. The van der Waals surface area contributed by atoms with E-state index in [0.717, 1.165) is 23.7 Å². The number of carbonyl (C=O) groups excluding carboxylic acids is 1. The Kier molecular flexibility index (Phi) is 8.28. The standard InChI is InChI=1S/C17H21N5O5S/c1-3-7-27-12-6-5-11(8-13(12)26-4-2)9-18-20-14(23)10-28-16-15(24)19-17(25)22-21-16/h5-6,8-9H,3-4,7,10H2,1-2H3,(H,20,23)(H2,19,22,24,25)/b18-9+. The topological polar surface area (TPSA) is 139 Å². The molecule has 28 heavy (non-hydrogen) atoms. The summed E-state index contributed by atoms with van der Waals surface area (Å²) in [5.41, 5.74) is 1.72. The highest BCUT2D eigenvalue weighted by Gasteiger charge is 2.08. The Morgan fingerprint density at radius 1 is 1.29 bits per heavy atom. The molecule has 1 heterocycles. The summed E-state index contributed by atoms with van der Waals surface area (Å²) in [6, 6.07) is 5.35. The number of rotatable bonds is 10. The molecule has 0 saturated carbocycles. The summed E-state index contributed by atoms with van der Waals surface area (Å²) in [5.74, 6) is 0.736. The molecule has 1 aromatic heterocycles. The molecule has 1 aromatic carbocycles. The molecule has 10 nitrogen and oxygen atoms in total. The highest BCUT2D eigenvalue weighted by molar-refractivity contribution is 7.99. The van der Waals surface area contributed by atoms with Gasteiger partial charge in [0.15, 0.2) is 16.5 Å². The molecule has 0 atom stereocenters. The fourth-order valence-corrected chi connectivity index (χ4v) is 2.61. The Labute approximate surface area is 164 Å². The molecule has 11 heteroatoms. The van der Waals surface area contributed by atoms with Gasteiger partial charge in [-0.3, -0.25) is 14.6 Å². The van der Waals surface area contributed by atoms with Crippen LogP contribution in [0.3, 0.4) is 0 Å². The number of hydrogen-bond acceptors (Lipinski definition) is 8. The first kappa shape index (κ1) is 21.2. The number of nitrogens with one attached hydrogen (secondary N) is 3. The Hall–Kier alpha value is -3.08. The van der Waals surface area contributed by atoms with E-state index in [9.17, 15) is 14.4 Å². The Balaban J connectivity index is 1.92. The number of nitrogens with zero attached hydrogens (tertiary/aromatic N) is 2. The van der Waals surface area contributed by atoms with Crippen molar-refractivity contribution in [2.75, 3.05) is 19.0 Å². The van der Waals surface area contributed by atoms with Crippen LogP contribution in [0.25, 0.3) is 0 Å². The molecule has 150 valence electrons. The van der Waals surface area contributed by atoms with E-state index >= 15 is 0 Å². The monoisotopic (exact) mass is 407 g/mol. The molecular formula is C17H21N5O5S. The van der Waals surface area contributed by atoms with Crippen LogP contribution in [0.1, 0.15) is 25.8 Å². The number of carbonyl (C=O) groups is 1. The second kappa shape index (κ2) is 10.9. The van der Waals surface area contributed by atoms with Crippen LogP contribution in [0.5, 0.6) is 11.5 Å². The van der Waals surface area contributed by atoms with Gasteiger partial charge < -0.3 is 9.47 Å². The quantitative estimate of drug-likeness (QED) is 0.302. The van der Waals surface area contributed by atoms with Crippen molar-refractivity contribution in [1.29, 1.82) is 0 Å². The average Bonchev–Trinajstić information content (AvgIpc) is 2.67. The van der Waals surface area contributed by atoms with E-state index in [1.807, 2.05) is 18.8 Å². The second-order valence-electron chi connectivity index (χ2n) is 5.38. The molecule has 0 fully saturated rings. The summed E-state index contributed by atoms with van der Waals surface area (Å²) in [6.45, 7) is 4.99. The van der Waals surface area contributed by atoms with Crippen molar-refractivity contribution in [1.82, 2.24) is 20.6 Å². The van der Waals surface area contributed by atoms with Crippen molar-refractivity contribution >= 4 is 23.9 Å². The molecule has 0 aliphatic rings. The maximum atomic E-state index is 11.8. The first-order chi connectivity index (χ1) is 13.5. The molecule has 1 amide bonds. The third-order valence-corrected chi connectivity index (χ3v) is 4.11. The fraction of sp³-hybridized carbons (Fsp3) is 0.353. The van der Waals surface area contributed by atoms with Crippen LogP contribution in [0.2, 0.25) is 0 Å². The van der Waals surface area contributed by atoms with E-state index in [1.54, 1.807) is 18.2 Å². The number of aromatic nitrogens is 3. The number of thioether (sulfide) groups is 1. The largest absolute Gasteiger partial charge is 0.490 e. The van der Waals surface area contributed by atoms with Gasteiger partial charge >= 0.3 is 5.69 Å². The predicted molar refractivity (Wildman–Crippen MR) is 105 cm³/mol. The molecular weight excluding hydrogens is 386 g/mol. The molecule has 0 radical (unpaired) electrons. The highest BCUT2D eigenvalue weighted by atomic mass is 32.2. The molecule has 0 bridgehead atoms. The lowest BCUT2D eigenvalue weighted by molar-refractivity contribution is -0.118. The number of hydrazone groups is 1. The minimum atomic E-state index is -0.707. The van der Waals surface area contributed by atoms with Gasteiger partial charge in [0, 0.05) is 0 Å². The summed E-state index contributed by atoms with van der Waals surface area (Å²) < 4.78 is 11.2. The van der Waals surface area contributed by atoms with Crippen molar-refractivity contribution in [3.05, 3.63) is 44.6 Å². The zero-order valence-electron chi connectivity index (χ0n) is 15.5. The third kappa shape index (κ3) is 6.58. The van der Waals surface area contributed by atoms with E-state index in [4.69, 9.17) is 9.47 Å². The summed E-state index contributed by atoms with van der Waals surface area (Å²) in [6.07, 6.45) is 2.36. The maximum absolute atomic E-state index is 11.8. The van der Waals surface area contributed by atoms with E-state index < -0.39 is 17.2 Å². The Morgan fingerprint density at radius 2 is 2.11 bits per heavy atom. The molecule has 0 aliphatic heterocycles. The second-order valence-corrected chi connectivity index (χ2v) is 6.35. The van der Waals surface area contributed by atoms with Gasteiger partial charge in [-0.25, -0.2) is 15.3 Å². The first-order valence-electron chi connectivity index (χ1n) is 8.56. The van der Waals surface area contributed by atoms with E-state index in [2.05, 4.69) is 20.7 Å². The van der Waals surface area contributed by atoms with Crippen molar-refractivity contribution in [3.63, 3.8) is 0 Å². The highest BCUT2D eigenvalue weighted by Crippen LogP contribution is 2.28.